The van der Waals surface area contributed by atoms with Gasteiger partial charge in [0, 0.05) is 22.5 Å². The van der Waals surface area contributed by atoms with E-state index in [-0.39, 0.29) is 10.8 Å². The molecule has 284 valence electrons. The summed E-state index contributed by atoms with van der Waals surface area (Å²) in [5, 5.41) is 0. The van der Waals surface area contributed by atoms with Crippen LogP contribution in [0, 0.1) is 0 Å². The number of fused-ring (bicyclic) bond motifs is 8. The highest BCUT2D eigenvalue weighted by Gasteiger charge is 2.54. The predicted molar refractivity (Wildman–Crippen MR) is 249 cm³/mol. The van der Waals surface area contributed by atoms with Gasteiger partial charge in [0.25, 0.3) is 0 Å². The highest BCUT2D eigenvalue weighted by Crippen LogP contribution is 2.63. The lowest BCUT2D eigenvalue weighted by molar-refractivity contribution is 0.550. The number of allylic oxidation sites excluding steroid dienone is 8. The van der Waals surface area contributed by atoms with E-state index in [2.05, 4.69) is 219 Å². The van der Waals surface area contributed by atoms with E-state index in [9.17, 15) is 0 Å². The van der Waals surface area contributed by atoms with Gasteiger partial charge in [-0.1, -0.05) is 172 Å². The fourth-order valence-electron chi connectivity index (χ4n) is 10.7. The van der Waals surface area contributed by atoms with Crippen molar-refractivity contribution in [2.45, 2.75) is 50.4 Å². The standard InChI is InChI=1S/C58H47N/c1-57(2)52-24-11-13-26-54(52)58(55-27-14-12-25-53(55)57)51-23-10-9-22-49(51)50-37-32-45(39-56(50)58)44-20-15-21-48(38-44)59(46-33-28-42(29-34-46)40-16-5-3-6-17-40)47-35-30-43(31-36-47)41-18-7-4-8-19-41/h3,5-7,9,11-22,24-39H,4,8,10,23H2,1-2H3. The van der Waals surface area contributed by atoms with E-state index in [1.165, 1.54) is 72.3 Å². The number of anilines is 3. The molecule has 11 rings (SSSR count). The number of rotatable bonds is 6. The molecule has 0 saturated heterocycles. The van der Waals surface area contributed by atoms with Crippen LogP contribution in [0.4, 0.5) is 17.1 Å². The number of hydrogen-bond acceptors (Lipinski definition) is 1. The first-order valence-electron chi connectivity index (χ1n) is 21.3. The first-order valence-corrected chi connectivity index (χ1v) is 21.3. The smallest absolute Gasteiger partial charge is 0.0682 e. The van der Waals surface area contributed by atoms with Crippen molar-refractivity contribution < 1.29 is 0 Å². The fourth-order valence-corrected chi connectivity index (χ4v) is 10.7. The molecular weight excluding hydrogens is 711 g/mol. The molecule has 0 aromatic heterocycles. The summed E-state index contributed by atoms with van der Waals surface area (Å²) in [6.45, 7) is 4.81. The number of benzene rings is 7. The third-order valence-corrected chi connectivity index (χ3v) is 13.5. The lowest BCUT2D eigenvalue weighted by atomic mass is 9.54. The molecular formula is C58H47N. The molecule has 0 radical (unpaired) electrons. The van der Waals surface area contributed by atoms with E-state index in [0.717, 1.165) is 42.7 Å². The predicted octanol–water partition coefficient (Wildman–Crippen LogP) is 15.3. The molecule has 59 heavy (non-hydrogen) atoms. The van der Waals surface area contributed by atoms with Crippen molar-refractivity contribution in [3.05, 3.63) is 245 Å². The van der Waals surface area contributed by atoms with Crippen molar-refractivity contribution in [1.29, 1.82) is 0 Å². The summed E-state index contributed by atoms with van der Waals surface area (Å²) < 4.78 is 0. The maximum Gasteiger partial charge on any atom is 0.0682 e. The Morgan fingerprint density at radius 1 is 0.424 bits per heavy atom. The van der Waals surface area contributed by atoms with Crippen LogP contribution in [0.1, 0.15) is 78.5 Å². The van der Waals surface area contributed by atoms with E-state index in [1.54, 1.807) is 5.57 Å². The molecule has 0 bridgehead atoms. The monoisotopic (exact) mass is 757 g/mol. The quantitative estimate of drug-likeness (QED) is 0.163. The van der Waals surface area contributed by atoms with E-state index < -0.39 is 0 Å². The Hall–Kier alpha value is -6.70. The Bertz CT molecular complexity index is 2830. The van der Waals surface area contributed by atoms with Crippen molar-refractivity contribution in [1.82, 2.24) is 0 Å². The highest BCUT2D eigenvalue weighted by atomic mass is 15.1. The van der Waals surface area contributed by atoms with Gasteiger partial charge in [-0.05, 0) is 146 Å². The van der Waals surface area contributed by atoms with Gasteiger partial charge < -0.3 is 4.90 Å². The molecule has 4 aliphatic rings. The molecule has 0 atom stereocenters. The first kappa shape index (κ1) is 35.5. The van der Waals surface area contributed by atoms with Crippen LogP contribution in [0.15, 0.2) is 206 Å². The van der Waals surface area contributed by atoms with Crippen LogP contribution < -0.4 is 4.90 Å². The van der Waals surface area contributed by atoms with Crippen LogP contribution in [0.3, 0.4) is 0 Å². The van der Waals surface area contributed by atoms with Gasteiger partial charge in [-0.25, -0.2) is 0 Å². The lowest BCUT2D eigenvalue weighted by Crippen LogP contribution is -2.41. The van der Waals surface area contributed by atoms with Crippen molar-refractivity contribution in [2.75, 3.05) is 4.90 Å². The molecule has 0 fully saturated rings. The molecule has 7 aromatic carbocycles. The van der Waals surface area contributed by atoms with Crippen LogP contribution in [0.5, 0.6) is 0 Å². The summed E-state index contributed by atoms with van der Waals surface area (Å²) in [5.41, 5.74) is 21.8. The molecule has 1 nitrogen and oxygen atoms in total. The Morgan fingerprint density at radius 3 is 1.68 bits per heavy atom. The highest BCUT2D eigenvalue weighted by molar-refractivity contribution is 5.94. The third-order valence-electron chi connectivity index (χ3n) is 13.5. The fraction of sp³-hybridized carbons (Fsp3) is 0.138. The van der Waals surface area contributed by atoms with Crippen LogP contribution >= 0.6 is 0 Å². The van der Waals surface area contributed by atoms with E-state index in [4.69, 9.17) is 0 Å². The van der Waals surface area contributed by atoms with Crippen LogP contribution in [-0.4, -0.2) is 0 Å². The van der Waals surface area contributed by atoms with Crippen molar-refractivity contribution >= 4 is 28.2 Å². The Labute approximate surface area is 349 Å². The minimum atomic E-state index is -0.344. The van der Waals surface area contributed by atoms with Gasteiger partial charge in [0.2, 0.25) is 0 Å². The second-order valence-electron chi connectivity index (χ2n) is 17.0. The molecule has 0 N–H and O–H groups in total. The van der Waals surface area contributed by atoms with Gasteiger partial charge in [0.1, 0.15) is 0 Å². The summed E-state index contributed by atoms with van der Waals surface area (Å²) in [5.74, 6) is 0. The third kappa shape index (κ3) is 5.59. The van der Waals surface area contributed by atoms with Gasteiger partial charge in [-0.15, -0.1) is 0 Å². The Kier molecular flexibility index (Phi) is 8.41. The average Bonchev–Trinajstić information content (AvgIpc) is 3.60. The SMILES string of the molecule is CC1(C)c2ccccc2C2(C3=C(C=CCC3)c3ccc(-c4cccc(N(c5ccc(C6=CCCC=C6)cc5)c5ccc(-c6ccccc6)cc5)c4)cc32)c2ccccc21. The molecule has 0 heterocycles. The van der Waals surface area contributed by atoms with Gasteiger partial charge >= 0.3 is 0 Å². The Balaban J connectivity index is 1.06. The summed E-state index contributed by atoms with van der Waals surface area (Å²) in [6, 6.07) is 63.8. The average molecular weight is 758 g/mol. The molecule has 0 amide bonds. The largest absolute Gasteiger partial charge is 0.310 e. The maximum absolute atomic E-state index is 2.53. The molecule has 0 unspecified atom stereocenters. The van der Waals surface area contributed by atoms with Crippen LogP contribution in [0.2, 0.25) is 0 Å². The molecule has 1 spiro atoms. The lowest BCUT2D eigenvalue weighted by Gasteiger charge is -2.47. The van der Waals surface area contributed by atoms with Crippen LogP contribution in [0.25, 0.3) is 33.4 Å². The summed E-state index contributed by atoms with van der Waals surface area (Å²) in [7, 11) is 0. The van der Waals surface area contributed by atoms with Crippen molar-refractivity contribution in [2.24, 2.45) is 0 Å². The molecule has 4 aliphatic carbocycles. The zero-order valence-electron chi connectivity index (χ0n) is 33.8. The van der Waals surface area contributed by atoms with E-state index in [1.807, 2.05) is 0 Å². The van der Waals surface area contributed by atoms with E-state index in [0.29, 0.717) is 0 Å². The van der Waals surface area contributed by atoms with Crippen LogP contribution in [-0.2, 0) is 10.8 Å². The maximum atomic E-state index is 2.53. The first-order chi connectivity index (χ1) is 29.0. The van der Waals surface area contributed by atoms with Crippen molar-refractivity contribution in [3.63, 3.8) is 0 Å². The minimum Gasteiger partial charge on any atom is -0.310 e. The van der Waals surface area contributed by atoms with Gasteiger partial charge in [0.15, 0.2) is 0 Å². The molecule has 7 aromatic rings. The minimum absolute atomic E-state index is 0.108. The van der Waals surface area contributed by atoms with Gasteiger partial charge in [-0.2, -0.15) is 0 Å². The molecule has 0 saturated carbocycles. The molecule has 0 aliphatic heterocycles. The normalized spacial score (nSPS) is 16.5. The van der Waals surface area contributed by atoms with Crippen molar-refractivity contribution in [3.8, 4) is 22.3 Å². The Morgan fingerprint density at radius 2 is 1.00 bits per heavy atom. The number of nitrogens with zero attached hydrogens (tertiary/aromatic N) is 1. The second-order valence-corrected chi connectivity index (χ2v) is 17.0. The summed E-state index contributed by atoms with van der Waals surface area (Å²) in [4.78, 5) is 2.41. The second kappa shape index (κ2) is 14.0. The molecule has 1 heteroatoms. The van der Waals surface area contributed by atoms with E-state index >= 15 is 0 Å². The van der Waals surface area contributed by atoms with Gasteiger partial charge in [0.05, 0.1) is 5.41 Å². The summed E-state index contributed by atoms with van der Waals surface area (Å²) in [6.07, 6.45) is 16.0. The zero-order chi connectivity index (χ0) is 39.6. The topological polar surface area (TPSA) is 3.24 Å². The summed E-state index contributed by atoms with van der Waals surface area (Å²) >= 11 is 0. The zero-order valence-corrected chi connectivity index (χ0v) is 33.8. The van der Waals surface area contributed by atoms with Gasteiger partial charge in [-0.3, -0.25) is 0 Å². The number of hydrogen-bond donors (Lipinski definition) is 0.